The highest BCUT2D eigenvalue weighted by Crippen LogP contribution is 2.40. The van der Waals surface area contributed by atoms with Gasteiger partial charge in [0.05, 0.1) is 0 Å². The zero-order chi connectivity index (χ0) is 12.3. The van der Waals surface area contributed by atoms with Gasteiger partial charge in [-0.2, -0.15) is 0 Å². The average Bonchev–Trinajstić information content (AvgIpc) is 2.34. The predicted octanol–water partition coefficient (Wildman–Crippen LogP) is 4.13. The van der Waals surface area contributed by atoms with Crippen molar-refractivity contribution in [2.45, 2.75) is 45.4 Å². The summed E-state index contributed by atoms with van der Waals surface area (Å²) in [5.74, 6) is 0. The first-order chi connectivity index (χ1) is 8.15. The first kappa shape index (κ1) is 12.9. The second kappa shape index (κ2) is 5.41. The van der Waals surface area contributed by atoms with E-state index < -0.39 is 0 Å². The second-order valence-electron chi connectivity index (χ2n) is 5.49. The normalized spacial score (nSPS) is 19.2. The van der Waals surface area contributed by atoms with Crippen LogP contribution in [0.15, 0.2) is 18.2 Å². The molecular weight excluding hydrogens is 232 g/mol. The molecule has 1 aromatic rings. The molecular formula is C15H21ClO. The Hall–Kier alpha value is -0.530. The van der Waals surface area contributed by atoms with Gasteiger partial charge >= 0.3 is 0 Å². The molecule has 1 aliphatic rings. The van der Waals surface area contributed by atoms with Crippen molar-refractivity contribution in [2.75, 3.05) is 6.61 Å². The average molecular weight is 253 g/mol. The van der Waals surface area contributed by atoms with Crippen molar-refractivity contribution in [2.24, 2.45) is 5.41 Å². The molecule has 1 N–H and O–H groups in total. The minimum atomic E-state index is 0.0805. The lowest BCUT2D eigenvalue weighted by molar-refractivity contribution is 0.0824. The van der Waals surface area contributed by atoms with E-state index in [0.29, 0.717) is 0 Å². The standard InChI is InChI=1S/C15H21ClO/c1-12-5-6-13(14(16)9-12)10-15(11-17)7-3-2-4-8-15/h5-6,9,17H,2-4,7-8,10-11H2,1H3. The van der Waals surface area contributed by atoms with Crippen LogP contribution in [0.5, 0.6) is 0 Å². The Balaban J connectivity index is 2.17. The molecule has 0 atom stereocenters. The van der Waals surface area contributed by atoms with Crippen LogP contribution in [0, 0.1) is 12.3 Å². The van der Waals surface area contributed by atoms with Crippen LogP contribution < -0.4 is 0 Å². The Morgan fingerprint density at radius 2 is 1.94 bits per heavy atom. The van der Waals surface area contributed by atoms with E-state index in [1.165, 1.54) is 30.4 Å². The van der Waals surface area contributed by atoms with Gasteiger partial charge in [-0.05, 0) is 48.8 Å². The van der Waals surface area contributed by atoms with E-state index in [2.05, 4.69) is 19.1 Å². The van der Waals surface area contributed by atoms with Crippen LogP contribution in [0.3, 0.4) is 0 Å². The highest BCUT2D eigenvalue weighted by Gasteiger charge is 2.31. The summed E-state index contributed by atoms with van der Waals surface area (Å²) in [5, 5.41) is 10.6. The van der Waals surface area contributed by atoms with E-state index >= 15 is 0 Å². The zero-order valence-corrected chi connectivity index (χ0v) is 11.3. The molecule has 1 fully saturated rings. The minimum Gasteiger partial charge on any atom is -0.396 e. The monoisotopic (exact) mass is 252 g/mol. The largest absolute Gasteiger partial charge is 0.396 e. The number of aryl methyl sites for hydroxylation is 1. The van der Waals surface area contributed by atoms with Crippen LogP contribution in [0.25, 0.3) is 0 Å². The molecule has 2 heteroatoms. The number of rotatable bonds is 3. The van der Waals surface area contributed by atoms with Crippen molar-refractivity contribution in [1.82, 2.24) is 0 Å². The first-order valence-electron chi connectivity index (χ1n) is 6.51. The maximum Gasteiger partial charge on any atom is 0.0490 e. The van der Waals surface area contributed by atoms with E-state index in [-0.39, 0.29) is 12.0 Å². The van der Waals surface area contributed by atoms with Gasteiger partial charge in [-0.15, -0.1) is 0 Å². The molecule has 0 aromatic heterocycles. The summed E-state index contributed by atoms with van der Waals surface area (Å²) in [4.78, 5) is 0. The van der Waals surface area contributed by atoms with E-state index in [9.17, 15) is 5.11 Å². The fourth-order valence-electron chi connectivity index (χ4n) is 2.89. The van der Waals surface area contributed by atoms with Crippen molar-refractivity contribution in [3.05, 3.63) is 34.3 Å². The molecule has 94 valence electrons. The highest BCUT2D eigenvalue weighted by atomic mass is 35.5. The van der Waals surface area contributed by atoms with Crippen molar-refractivity contribution in [3.8, 4) is 0 Å². The maximum absolute atomic E-state index is 9.71. The van der Waals surface area contributed by atoms with Gasteiger partial charge in [0.1, 0.15) is 0 Å². The number of aliphatic hydroxyl groups excluding tert-OH is 1. The molecule has 0 spiro atoms. The van der Waals surface area contributed by atoms with Crippen molar-refractivity contribution < 1.29 is 5.11 Å². The van der Waals surface area contributed by atoms with Crippen LogP contribution in [0.4, 0.5) is 0 Å². The Morgan fingerprint density at radius 1 is 1.24 bits per heavy atom. The third kappa shape index (κ3) is 3.02. The summed E-state index contributed by atoms with van der Waals surface area (Å²) >= 11 is 6.29. The molecule has 1 aromatic carbocycles. The van der Waals surface area contributed by atoms with Gasteiger partial charge in [0.25, 0.3) is 0 Å². The number of aliphatic hydroxyl groups is 1. The Labute approximate surface area is 109 Å². The lowest BCUT2D eigenvalue weighted by atomic mass is 9.71. The predicted molar refractivity (Wildman–Crippen MR) is 72.5 cm³/mol. The summed E-state index contributed by atoms with van der Waals surface area (Å²) in [6.07, 6.45) is 6.97. The molecule has 0 saturated heterocycles. The topological polar surface area (TPSA) is 20.2 Å². The fourth-order valence-corrected chi connectivity index (χ4v) is 3.19. The number of halogens is 1. The zero-order valence-electron chi connectivity index (χ0n) is 10.5. The molecule has 1 saturated carbocycles. The summed E-state index contributed by atoms with van der Waals surface area (Å²) in [6, 6.07) is 6.24. The smallest absolute Gasteiger partial charge is 0.0490 e. The minimum absolute atomic E-state index is 0.0805. The van der Waals surface area contributed by atoms with Crippen LogP contribution in [-0.2, 0) is 6.42 Å². The van der Waals surface area contributed by atoms with Gasteiger partial charge in [0, 0.05) is 11.6 Å². The molecule has 0 heterocycles. The van der Waals surface area contributed by atoms with Gasteiger partial charge in [0.2, 0.25) is 0 Å². The molecule has 0 radical (unpaired) electrons. The van der Waals surface area contributed by atoms with E-state index in [0.717, 1.165) is 24.3 Å². The second-order valence-corrected chi connectivity index (χ2v) is 5.90. The number of hydrogen-bond acceptors (Lipinski definition) is 1. The van der Waals surface area contributed by atoms with Crippen molar-refractivity contribution in [1.29, 1.82) is 0 Å². The summed E-state index contributed by atoms with van der Waals surface area (Å²) < 4.78 is 0. The molecule has 0 bridgehead atoms. The van der Waals surface area contributed by atoms with Gasteiger partial charge in [-0.3, -0.25) is 0 Å². The summed E-state index contributed by atoms with van der Waals surface area (Å²) in [6.45, 7) is 2.34. The Kier molecular flexibility index (Phi) is 4.11. The van der Waals surface area contributed by atoms with Crippen molar-refractivity contribution >= 4 is 11.6 Å². The van der Waals surface area contributed by atoms with Crippen molar-refractivity contribution in [3.63, 3.8) is 0 Å². The molecule has 17 heavy (non-hydrogen) atoms. The molecule has 1 nitrogen and oxygen atoms in total. The van der Waals surface area contributed by atoms with Gasteiger partial charge < -0.3 is 5.11 Å². The first-order valence-corrected chi connectivity index (χ1v) is 6.89. The van der Waals surface area contributed by atoms with E-state index in [1.807, 2.05) is 6.07 Å². The molecule has 0 amide bonds. The quantitative estimate of drug-likeness (QED) is 0.858. The third-order valence-corrected chi connectivity index (χ3v) is 4.38. The molecule has 0 aliphatic heterocycles. The lowest BCUT2D eigenvalue weighted by Gasteiger charge is -2.36. The van der Waals surface area contributed by atoms with Crippen LogP contribution in [0.2, 0.25) is 5.02 Å². The molecule has 1 aliphatic carbocycles. The van der Waals surface area contributed by atoms with E-state index in [4.69, 9.17) is 11.6 Å². The van der Waals surface area contributed by atoms with Gasteiger partial charge in [-0.1, -0.05) is 43.0 Å². The Morgan fingerprint density at radius 3 is 2.53 bits per heavy atom. The van der Waals surface area contributed by atoms with Crippen LogP contribution >= 0.6 is 11.6 Å². The summed E-state index contributed by atoms with van der Waals surface area (Å²) in [7, 11) is 0. The number of benzene rings is 1. The molecule has 2 rings (SSSR count). The third-order valence-electron chi connectivity index (χ3n) is 4.02. The van der Waals surface area contributed by atoms with Crippen LogP contribution in [0.1, 0.15) is 43.2 Å². The van der Waals surface area contributed by atoms with E-state index in [1.54, 1.807) is 0 Å². The summed E-state index contributed by atoms with van der Waals surface area (Å²) in [5.41, 5.74) is 2.46. The number of hydrogen-bond donors (Lipinski definition) is 1. The van der Waals surface area contributed by atoms with Gasteiger partial charge in [-0.25, -0.2) is 0 Å². The Bertz CT molecular complexity index is 381. The van der Waals surface area contributed by atoms with Gasteiger partial charge in [0.15, 0.2) is 0 Å². The SMILES string of the molecule is Cc1ccc(CC2(CO)CCCCC2)c(Cl)c1. The lowest BCUT2D eigenvalue weighted by Crippen LogP contribution is -2.30. The maximum atomic E-state index is 9.71. The molecule has 0 unspecified atom stereocenters. The fraction of sp³-hybridized carbons (Fsp3) is 0.600. The highest BCUT2D eigenvalue weighted by molar-refractivity contribution is 6.31. The van der Waals surface area contributed by atoms with Crippen LogP contribution in [-0.4, -0.2) is 11.7 Å².